The quantitative estimate of drug-likeness (QED) is 0.917. The van der Waals surface area contributed by atoms with Gasteiger partial charge < -0.3 is 14.7 Å². The van der Waals surface area contributed by atoms with E-state index in [9.17, 15) is 13.6 Å². The molecule has 2 rings (SSSR count). The summed E-state index contributed by atoms with van der Waals surface area (Å²) in [5.74, 6) is -4.45. The molecule has 0 aliphatic carbocycles. The van der Waals surface area contributed by atoms with Crippen molar-refractivity contribution in [1.82, 2.24) is 9.88 Å². The van der Waals surface area contributed by atoms with Gasteiger partial charge >= 0.3 is 0 Å². The molecular weight excluding hydrogens is 314 g/mol. The van der Waals surface area contributed by atoms with Crippen LogP contribution in [0, 0.1) is 12.8 Å². The number of alkyl halides is 2. The third-order valence-corrected chi connectivity index (χ3v) is 5.28. The van der Waals surface area contributed by atoms with Crippen molar-refractivity contribution in [3.8, 4) is 0 Å². The Morgan fingerprint density at radius 2 is 2.32 bits per heavy atom. The zero-order chi connectivity index (χ0) is 16.5. The van der Waals surface area contributed by atoms with Crippen molar-refractivity contribution in [3.63, 3.8) is 0 Å². The van der Waals surface area contributed by atoms with Crippen LogP contribution >= 0.6 is 11.3 Å². The number of carbonyl (C=O) groups is 1. The maximum atomic E-state index is 13.6. The predicted octanol–water partition coefficient (Wildman–Crippen LogP) is 2.25. The minimum absolute atomic E-state index is 0.0190. The van der Waals surface area contributed by atoms with Gasteiger partial charge in [0.05, 0.1) is 18.2 Å². The molecule has 1 aromatic rings. The van der Waals surface area contributed by atoms with E-state index in [1.54, 1.807) is 14.0 Å². The Morgan fingerprint density at radius 1 is 1.64 bits per heavy atom. The summed E-state index contributed by atoms with van der Waals surface area (Å²) in [4.78, 5) is 18.7. The van der Waals surface area contributed by atoms with Gasteiger partial charge in [-0.1, -0.05) is 0 Å². The first-order valence-corrected chi connectivity index (χ1v) is 7.90. The number of aliphatic hydroxyl groups is 1. The van der Waals surface area contributed by atoms with Gasteiger partial charge in [-0.25, -0.2) is 13.8 Å². The molecule has 2 atom stereocenters. The maximum Gasteiger partial charge on any atom is 0.265 e. The number of methoxy groups -OCH3 is 1. The fourth-order valence-electron chi connectivity index (χ4n) is 2.39. The fraction of sp³-hybridized carbons (Fsp3) is 0.714. The summed E-state index contributed by atoms with van der Waals surface area (Å²) in [6.07, 6.45) is -0.649. The van der Waals surface area contributed by atoms with Gasteiger partial charge in [0.1, 0.15) is 16.0 Å². The number of nitrogens with zero attached hydrogens (tertiary/aromatic N) is 2. The number of aryl methyl sites for hydroxylation is 1. The number of hydrogen-bond acceptors (Lipinski definition) is 5. The standard InChI is InChI=1S/C14H20F2N2O3S/c1-8-11(22-12(17-8)9(2)21-3)13(20)18-5-4-14(15,16)10(6-18)7-19/h9-10,19H,4-7H2,1-3H3/t9-,10-/m1/s1. The summed E-state index contributed by atoms with van der Waals surface area (Å²) in [5, 5.41) is 9.80. The normalized spacial score (nSPS) is 22.6. The Morgan fingerprint density at radius 3 is 2.91 bits per heavy atom. The number of halogens is 2. The lowest BCUT2D eigenvalue weighted by atomic mass is 9.94. The highest BCUT2D eigenvalue weighted by Crippen LogP contribution is 2.34. The zero-order valence-corrected chi connectivity index (χ0v) is 13.6. The van der Waals surface area contributed by atoms with E-state index in [1.807, 2.05) is 6.92 Å². The summed E-state index contributed by atoms with van der Waals surface area (Å²) in [6.45, 7) is 2.75. The van der Waals surface area contributed by atoms with Crippen molar-refractivity contribution in [1.29, 1.82) is 0 Å². The molecule has 0 bridgehead atoms. The van der Waals surface area contributed by atoms with Crippen LogP contribution in [0.5, 0.6) is 0 Å². The molecule has 1 aliphatic rings. The molecule has 2 heterocycles. The van der Waals surface area contributed by atoms with E-state index in [1.165, 1.54) is 16.2 Å². The highest BCUT2D eigenvalue weighted by Gasteiger charge is 2.45. The number of amides is 1. The maximum absolute atomic E-state index is 13.6. The lowest BCUT2D eigenvalue weighted by molar-refractivity contribution is -0.113. The Kier molecular flexibility index (Phi) is 5.14. The first-order chi connectivity index (χ1) is 10.3. The molecule has 8 heteroatoms. The van der Waals surface area contributed by atoms with E-state index in [0.717, 1.165) is 0 Å². The van der Waals surface area contributed by atoms with Crippen molar-refractivity contribution in [3.05, 3.63) is 15.6 Å². The lowest BCUT2D eigenvalue weighted by Gasteiger charge is -2.37. The third-order valence-electron chi connectivity index (χ3n) is 3.97. The van der Waals surface area contributed by atoms with E-state index >= 15 is 0 Å². The average molecular weight is 334 g/mol. The molecule has 0 unspecified atom stereocenters. The Balaban J connectivity index is 2.17. The molecule has 5 nitrogen and oxygen atoms in total. The van der Waals surface area contributed by atoms with E-state index in [2.05, 4.69) is 4.98 Å². The fourth-order valence-corrected chi connectivity index (χ4v) is 3.45. The van der Waals surface area contributed by atoms with Crippen LogP contribution in [0.4, 0.5) is 8.78 Å². The molecule has 1 amide bonds. The van der Waals surface area contributed by atoms with Crippen LogP contribution in [0.1, 0.15) is 39.8 Å². The smallest absolute Gasteiger partial charge is 0.265 e. The number of likely N-dealkylation sites (tertiary alicyclic amines) is 1. The largest absolute Gasteiger partial charge is 0.396 e. The Bertz CT molecular complexity index is 550. The van der Waals surface area contributed by atoms with Gasteiger partial charge in [-0.05, 0) is 13.8 Å². The number of hydrogen-bond donors (Lipinski definition) is 1. The van der Waals surface area contributed by atoms with Crippen LogP contribution in [0.2, 0.25) is 0 Å². The molecule has 1 N–H and O–H groups in total. The Hall–Kier alpha value is -1.12. The topological polar surface area (TPSA) is 62.7 Å². The number of thiazole rings is 1. The highest BCUT2D eigenvalue weighted by atomic mass is 32.1. The van der Waals surface area contributed by atoms with Gasteiger partial charge in [-0.3, -0.25) is 4.79 Å². The Labute approximate surface area is 131 Å². The molecule has 1 aromatic heterocycles. The lowest BCUT2D eigenvalue weighted by Crippen LogP contribution is -2.50. The van der Waals surface area contributed by atoms with E-state index in [4.69, 9.17) is 9.84 Å². The zero-order valence-electron chi connectivity index (χ0n) is 12.8. The number of ether oxygens (including phenoxy) is 1. The van der Waals surface area contributed by atoms with Crippen molar-refractivity contribution in [2.24, 2.45) is 5.92 Å². The number of carbonyl (C=O) groups excluding carboxylic acids is 1. The minimum atomic E-state index is -2.93. The average Bonchev–Trinajstić information content (AvgIpc) is 2.87. The van der Waals surface area contributed by atoms with Gasteiger partial charge in [-0.2, -0.15) is 0 Å². The van der Waals surface area contributed by atoms with Crippen LogP contribution in [-0.4, -0.2) is 53.6 Å². The van der Waals surface area contributed by atoms with Gasteiger partial charge in [0.2, 0.25) is 0 Å². The molecule has 0 aromatic carbocycles. The summed E-state index contributed by atoms with van der Waals surface area (Å²) in [7, 11) is 1.56. The van der Waals surface area contributed by atoms with Crippen molar-refractivity contribution >= 4 is 17.2 Å². The van der Waals surface area contributed by atoms with E-state index in [-0.39, 0.29) is 25.1 Å². The molecular formula is C14H20F2N2O3S. The van der Waals surface area contributed by atoms with Crippen LogP contribution in [-0.2, 0) is 4.74 Å². The molecule has 124 valence electrons. The molecule has 22 heavy (non-hydrogen) atoms. The first kappa shape index (κ1) is 17.2. The monoisotopic (exact) mass is 334 g/mol. The molecule has 1 fully saturated rings. The molecule has 0 saturated carbocycles. The summed E-state index contributed by atoms with van der Waals surface area (Å²) in [5.41, 5.74) is 0.576. The summed E-state index contributed by atoms with van der Waals surface area (Å²) < 4.78 is 32.4. The van der Waals surface area contributed by atoms with Crippen molar-refractivity contribution < 1.29 is 23.4 Å². The molecule has 0 radical (unpaired) electrons. The van der Waals surface area contributed by atoms with Gasteiger partial charge in [0.15, 0.2) is 0 Å². The minimum Gasteiger partial charge on any atom is -0.396 e. The van der Waals surface area contributed by atoms with Crippen LogP contribution in [0.3, 0.4) is 0 Å². The molecule has 1 saturated heterocycles. The third kappa shape index (κ3) is 3.28. The first-order valence-electron chi connectivity index (χ1n) is 7.08. The summed E-state index contributed by atoms with van der Waals surface area (Å²) in [6, 6.07) is 0. The predicted molar refractivity (Wildman–Crippen MR) is 78.3 cm³/mol. The number of aliphatic hydroxyl groups excluding tert-OH is 1. The van der Waals surface area contributed by atoms with E-state index in [0.29, 0.717) is 15.6 Å². The second-order valence-corrected chi connectivity index (χ2v) is 6.52. The summed E-state index contributed by atoms with van der Waals surface area (Å²) >= 11 is 1.23. The van der Waals surface area contributed by atoms with Gasteiger partial charge in [0.25, 0.3) is 11.8 Å². The van der Waals surface area contributed by atoms with Gasteiger partial charge in [-0.15, -0.1) is 11.3 Å². The number of rotatable bonds is 4. The van der Waals surface area contributed by atoms with Crippen LogP contribution in [0.25, 0.3) is 0 Å². The molecule has 1 aliphatic heterocycles. The van der Waals surface area contributed by atoms with Crippen molar-refractivity contribution in [2.45, 2.75) is 32.3 Å². The van der Waals surface area contributed by atoms with Crippen molar-refractivity contribution in [2.75, 3.05) is 26.8 Å². The number of aromatic nitrogens is 1. The SMILES string of the molecule is CO[C@H](C)c1nc(C)c(C(=O)N2CCC(F)(F)[C@@H](CO)C2)s1. The second kappa shape index (κ2) is 6.55. The van der Waals surface area contributed by atoms with E-state index < -0.39 is 24.9 Å². The number of piperidine rings is 1. The highest BCUT2D eigenvalue weighted by molar-refractivity contribution is 7.13. The molecule has 0 spiro atoms. The van der Waals surface area contributed by atoms with Gasteiger partial charge in [0, 0.05) is 26.6 Å². The second-order valence-electron chi connectivity index (χ2n) is 5.49. The van der Waals surface area contributed by atoms with Crippen LogP contribution in [0.15, 0.2) is 0 Å². The van der Waals surface area contributed by atoms with Crippen LogP contribution < -0.4 is 0 Å².